The second-order valence-corrected chi connectivity index (χ2v) is 11.8. The van der Waals surface area contributed by atoms with E-state index >= 15 is 0 Å². The van der Waals surface area contributed by atoms with Gasteiger partial charge in [0.2, 0.25) is 5.91 Å². The molecule has 0 spiro atoms. The number of ether oxygens (including phenoxy) is 2. The number of piperidine rings is 1. The number of amides is 1. The Kier molecular flexibility index (Phi) is 7.89. The van der Waals surface area contributed by atoms with E-state index in [2.05, 4.69) is 15.9 Å². The molecule has 1 aromatic heterocycles. The van der Waals surface area contributed by atoms with Crippen LogP contribution in [-0.2, 0) is 22.6 Å². The maximum absolute atomic E-state index is 13.3. The first-order chi connectivity index (χ1) is 18.2. The smallest absolute Gasteiger partial charge is 0.396 e. The van der Waals surface area contributed by atoms with E-state index in [9.17, 15) is 9.59 Å². The largest absolute Gasteiger partial charge is 0.484 e. The summed E-state index contributed by atoms with van der Waals surface area (Å²) in [6.07, 6.45) is 5.67. The minimum Gasteiger partial charge on any atom is -0.484 e. The molecule has 0 saturated carbocycles. The monoisotopic (exact) mass is 597 g/mol. The Balaban J connectivity index is 1.49. The number of hydrogen-bond acceptors (Lipinski definition) is 4. The number of benzene rings is 2. The van der Waals surface area contributed by atoms with Crippen LogP contribution in [0.3, 0.4) is 0 Å². The first-order valence-electron chi connectivity index (χ1n) is 12.9. The van der Waals surface area contributed by atoms with Gasteiger partial charge in [-0.2, -0.15) is 0 Å². The molecule has 0 aliphatic carbocycles. The fourth-order valence-corrected chi connectivity index (χ4v) is 5.62. The number of nitrogens with zero attached hydrogens (tertiary/aromatic N) is 2. The molecule has 1 fully saturated rings. The molecular formula is C30H31BrClN2O4+. The summed E-state index contributed by atoms with van der Waals surface area (Å²) in [6.45, 7) is 4.96. The lowest BCUT2D eigenvalue weighted by molar-refractivity contribution is -0.575. The quantitative estimate of drug-likeness (QED) is 0.323. The van der Waals surface area contributed by atoms with Crippen molar-refractivity contribution >= 4 is 39.3 Å². The van der Waals surface area contributed by atoms with Gasteiger partial charge in [0.05, 0.1) is 24.6 Å². The van der Waals surface area contributed by atoms with E-state index in [-0.39, 0.29) is 24.3 Å². The number of pyridine rings is 1. The number of halogens is 2. The zero-order valence-corrected chi connectivity index (χ0v) is 23.9. The van der Waals surface area contributed by atoms with E-state index in [0.29, 0.717) is 30.3 Å². The third kappa shape index (κ3) is 5.80. The number of carbonyl (C=O) groups excluding carboxylic acids is 2. The average Bonchev–Trinajstić information content (AvgIpc) is 2.89. The van der Waals surface area contributed by atoms with Crippen molar-refractivity contribution in [1.29, 1.82) is 0 Å². The molecule has 5 rings (SSSR count). The highest BCUT2D eigenvalue weighted by Crippen LogP contribution is 2.45. The lowest BCUT2D eigenvalue weighted by atomic mass is 9.85. The number of fused-ring (bicyclic) bond motifs is 1. The minimum atomic E-state index is -0.713. The van der Waals surface area contributed by atoms with Crippen molar-refractivity contribution in [3.05, 3.63) is 93.2 Å². The summed E-state index contributed by atoms with van der Waals surface area (Å²) in [5, 5.41) is 0.665. The molecule has 0 N–H and O–H groups in total. The van der Waals surface area contributed by atoms with Gasteiger partial charge >= 0.3 is 5.91 Å². The Morgan fingerprint density at radius 2 is 1.82 bits per heavy atom. The minimum absolute atomic E-state index is 0.0673. The molecule has 2 aliphatic heterocycles. The van der Waals surface area contributed by atoms with Gasteiger partial charge in [-0.3, -0.25) is 4.79 Å². The first kappa shape index (κ1) is 26.9. The fourth-order valence-electron chi connectivity index (χ4n) is 5.23. The van der Waals surface area contributed by atoms with Gasteiger partial charge < -0.3 is 14.4 Å². The highest BCUT2D eigenvalue weighted by molar-refractivity contribution is 9.10. The van der Waals surface area contributed by atoms with Gasteiger partial charge in [0.1, 0.15) is 17.5 Å². The van der Waals surface area contributed by atoms with Crippen molar-refractivity contribution in [1.82, 2.24) is 4.90 Å². The summed E-state index contributed by atoms with van der Waals surface area (Å²) in [5.74, 6) is 0.696. The van der Waals surface area contributed by atoms with Crippen LogP contribution in [-0.4, -0.2) is 35.0 Å². The Labute approximate surface area is 236 Å². The van der Waals surface area contributed by atoms with Gasteiger partial charge in [0.15, 0.2) is 12.4 Å². The summed E-state index contributed by atoms with van der Waals surface area (Å²) < 4.78 is 15.6. The third-order valence-corrected chi connectivity index (χ3v) is 7.99. The summed E-state index contributed by atoms with van der Waals surface area (Å²) in [5.41, 5.74) is 1.97. The first-order valence-corrected chi connectivity index (χ1v) is 14.1. The number of likely N-dealkylation sites (tertiary alicyclic amines) is 1. The summed E-state index contributed by atoms with van der Waals surface area (Å²) in [6, 6.07) is 16.7. The van der Waals surface area contributed by atoms with Crippen molar-refractivity contribution < 1.29 is 23.6 Å². The van der Waals surface area contributed by atoms with Crippen molar-refractivity contribution in [2.24, 2.45) is 0 Å². The van der Waals surface area contributed by atoms with E-state index in [4.69, 9.17) is 21.1 Å². The molecule has 3 heterocycles. The maximum Gasteiger partial charge on any atom is 0.396 e. The Bertz CT molecular complexity index is 1330. The zero-order chi connectivity index (χ0) is 26.9. The molecule has 1 saturated heterocycles. The Morgan fingerprint density at radius 1 is 1.11 bits per heavy atom. The van der Waals surface area contributed by atoms with Crippen LogP contribution in [0.25, 0.3) is 0 Å². The molecule has 6 nitrogen and oxygen atoms in total. The molecule has 2 atom stereocenters. The molecule has 2 unspecified atom stereocenters. The van der Waals surface area contributed by atoms with Crippen LogP contribution in [0.15, 0.2) is 71.5 Å². The van der Waals surface area contributed by atoms with Gasteiger partial charge in [0, 0.05) is 28.5 Å². The molecule has 2 aliphatic rings. The number of rotatable bonds is 6. The number of carbonyl (C=O) groups is 2. The standard InChI is InChI=1S/C30H31BrClN2O4/c1-30(2)29(37-19-21-8-12-23(32)13-9-21)28(34-15-4-3-5-26(34)35)24-18-33(16-14-25(24)38-30)27(36)17-20-6-10-22(31)11-7-20/h6-14,16,18,28-29H,3-5,15,17,19H2,1-2H3/q+1. The van der Waals surface area contributed by atoms with Crippen LogP contribution >= 0.6 is 27.5 Å². The second-order valence-electron chi connectivity index (χ2n) is 10.4. The van der Waals surface area contributed by atoms with Gasteiger partial charge in [-0.05, 0) is 62.1 Å². The van der Waals surface area contributed by atoms with E-state index in [0.717, 1.165) is 34.0 Å². The predicted molar refractivity (Wildman–Crippen MR) is 148 cm³/mol. The molecule has 3 aromatic rings. The van der Waals surface area contributed by atoms with Crippen molar-refractivity contribution in [2.75, 3.05) is 6.54 Å². The Morgan fingerprint density at radius 3 is 2.53 bits per heavy atom. The zero-order valence-electron chi connectivity index (χ0n) is 21.5. The summed E-state index contributed by atoms with van der Waals surface area (Å²) in [7, 11) is 0. The van der Waals surface area contributed by atoms with Gasteiger partial charge in [0.25, 0.3) is 0 Å². The summed E-state index contributed by atoms with van der Waals surface area (Å²) in [4.78, 5) is 28.4. The SMILES string of the molecule is CC1(C)Oc2cc[n+](C(=O)Cc3ccc(Br)cc3)cc2C(N2CCCCC2=O)C1OCc1ccc(Cl)cc1. The molecule has 8 heteroatoms. The van der Waals surface area contributed by atoms with Crippen molar-refractivity contribution in [3.63, 3.8) is 0 Å². The van der Waals surface area contributed by atoms with Crippen LogP contribution < -0.4 is 9.30 Å². The maximum atomic E-state index is 13.3. The predicted octanol–water partition coefficient (Wildman–Crippen LogP) is 6.08. The van der Waals surface area contributed by atoms with E-state index < -0.39 is 11.7 Å². The lowest BCUT2D eigenvalue weighted by Gasteiger charge is -2.48. The average molecular weight is 599 g/mol. The third-order valence-electron chi connectivity index (χ3n) is 7.21. The van der Waals surface area contributed by atoms with Crippen LogP contribution in [0.4, 0.5) is 0 Å². The van der Waals surface area contributed by atoms with Gasteiger partial charge in [-0.25, -0.2) is 4.79 Å². The highest BCUT2D eigenvalue weighted by atomic mass is 79.9. The molecule has 0 bridgehead atoms. The van der Waals surface area contributed by atoms with E-state index in [1.165, 1.54) is 0 Å². The highest BCUT2D eigenvalue weighted by Gasteiger charge is 2.50. The van der Waals surface area contributed by atoms with Crippen LogP contribution in [0, 0.1) is 0 Å². The van der Waals surface area contributed by atoms with Crippen molar-refractivity contribution in [2.45, 2.75) is 63.9 Å². The number of aromatic nitrogens is 1. The molecule has 38 heavy (non-hydrogen) atoms. The van der Waals surface area contributed by atoms with Gasteiger partial charge in [-0.15, -0.1) is 4.57 Å². The molecular weight excluding hydrogens is 568 g/mol. The van der Waals surface area contributed by atoms with Crippen LogP contribution in [0.1, 0.15) is 60.6 Å². The molecule has 0 radical (unpaired) electrons. The van der Waals surface area contributed by atoms with E-state index in [1.807, 2.05) is 79.5 Å². The van der Waals surface area contributed by atoms with Crippen molar-refractivity contribution in [3.8, 4) is 5.75 Å². The van der Waals surface area contributed by atoms with Crippen LogP contribution in [0.2, 0.25) is 5.02 Å². The van der Waals surface area contributed by atoms with Crippen LogP contribution in [0.5, 0.6) is 5.75 Å². The Hall–Kier alpha value is -2.74. The normalized spacial score (nSPS) is 20.5. The lowest BCUT2D eigenvalue weighted by Crippen LogP contribution is -2.57. The van der Waals surface area contributed by atoms with Gasteiger partial charge in [-0.1, -0.05) is 51.8 Å². The molecule has 198 valence electrons. The summed E-state index contributed by atoms with van der Waals surface area (Å²) >= 11 is 9.50. The molecule has 1 amide bonds. The molecule has 2 aromatic carbocycles. The van der Waals surface area contributed by atoms with E-state index in [1.54, 1.807) is 10.8 Å². The fraction of sp³-hybridized carbons (Fsp3) is 0.367. The topological polar surface area (TPSA) is 59.7 Å². The number of hydrogen-bond donors (Lipinski definition) is 0. The second kappa shape index (κ2) is 11.2.